The predicted molar refractivity (Wildman–Crippen MR) is 77.9 cm³/mol. The van der Waals surface area contributed by atoms with E-state index in [0.717, 1.165) is 10.0 Å². The summed E-state index contributed by atoms with van der Waals surface area (Å²) < 4.78 is 25.4. The second-order valence-electron chi connectivity index (χ2n) is 4.04. The number of rotatable bonds is 4. The van der Waals surface area contributed by atoms with E-state index >= 15 is 0 Å². The van der Waals surface area contributed by atoms with Crippen molar-refractivity contribution in [2.45, 2.75) is 24.9 Å². The standard InChI is InChI=1S/C12H12BrClN2O2S/c1-2-11-15-12(19(14,17)18)8-16(11)7-9-3-5-10(13)6-4-9/h3-6,8H,2,7H2,1H3. The van der Waals surface area contributed by atoms with Crippen LogP contribution in [-0.4, -0.2) is 18.0 Å². The van der Waals surface area contributed by atoms with Gasteiger partial charge in [-0.3, -0.25) is 0 Å². The van der Waals surface area contributed by atoms with Crippen molar-refractivity contribution in [1.29, 1.82) is 0 Å². The number of nitrogens with zero attached hydrogens (tertiary/aromatic N) is 2. The van der Waals surface area contributed by atoms with Crippen molar-refractivity contribution in [1.82, 2.24) is 9.55 Å². The molecule has 0 aliphatic carbocycles. The third-order valence-corrected chi connectivity index (χ3v) is 4.37. The average Bonchev–Trinajstić information content (AvgIpc) is 2.75. The number of halogens is 2. The van der Waals surface area contributed by atoms with Crippen molar-refractivity contribution >= 4 is 35.7 Å². The fraction of sp³-hybridized carbons (Fsp3) is 0.250. The maximum atomic E-state index is 11.3. The largest absolute Gasteiger partial charge is 0.329 e. The Morgan fingerprint density at radius 2 is 1.95 bits per heavy atom. The summed E-state index contributed by atoms with van der Waals surface area (Å²) in [5.74, 6) is 0.696. The van der Waals surface area contributed by atoms with Crippen molar-refractivity contribution < 1.29 is 8.42 Å². The Labute approximate surface area is 125 Å². The van der Waals surface area contributed by atoms with Gasteiger partial charge in [0.25, 0.3) is 9.05 Å². The minimum atomic E-state index is -3.78. The molecule has 0 saturated carbocycles. The summed E-state index contributed by atoms with van der Waals surface area (Å²) in [6.45, 7) is 2.49. The SMILES string of the molecule is CCc1nc(S(=O)(=O)Cl)cn1Cc1ccc(Br)cc1. The summed E-state index contributed by atoms with van der Waals surface area (Å²) >= 11 is 3.37. The first-order valence-electron chi connectivity index (χ1n) is 5.65. The van der Waals surface area contributed by atoms with E-state index in [1.54, 1.807) is 4.57 Å². The number of aromatic nitrogens is 2. The van der Waals surface area contributed by atoms with E-state index in [1.807, 2.05) is 31.2 Å². The molecule has 19 heavy (non-hydrogen) atoms. The van der Waals surface area contributed by atoms with E-state index in [-0.39, 0.29) is 5.03 Å². The quantitative estimate of drug-likeness (QED) is 0.784. The van der Waals surface area contributed by atoms with Gasteiger partial charge in [0.1, 0.15) is 5.82 Å². The van der Waals surface area contributed by atoms with Crippen LogP contribution >= 0.6 is 26.6 Å². The van der Waals surface area contributed by atoms with Gasteiger partial charge in [-0.2, -0.15) is 0 Å². The normalized spacial score (nSPS) is 11.7. The molecule has 102 valence electrons. The van der Waals surface area contributed by atoms with Gasteiger partial charge in [0.15, 0.2) is 5.03 Å². The summed E-state index contributed by atoms with van der Waals surface area (Å²) in [5, 5.41) is -0.0943. The predicted octanol–water partition coefficient (Wildman–Crippen LogP) is 3.18. The number of imidazole rings is 1. The highest BCUT2D eigenvalue weighted by atomic mass is 79.9. The van der Waals surface area contributed by atoms with E-state index in [1.165, 1.54) is 6.20 Å². The van der Waals surface area contributed by atoms with Crippen molar-refractivity contribution in [2.75, 3.05) is 0 Å². The second kappa shape index (κ2) is 5.64. The fourth-order valence-electron chi connectivity index (χ4n) is 1.75. The fourth-order valence-corrected chi connectivity index (χ4v) is 2.71. The minimum absolute atomic E-state index is 0.0943. The maximum Gasteiger partial charge on any atom is 0.280 e. The number of hydrogen-bond acceptors (Lipinski definition) is 3. The Balaban J connectivity index is 2.34. The molecule has 0 aliphatic rings. The molecule has 0 N–H and O–H groups in total. The third kappa shape index (κ3) is 3.58. The van der Waals surface area contributed by atoms with Crippen LogP contribution in [0.1, 0.15) is 18.3 Å². The van der Waals surface area contributed by atoms with E-state index in [4.69, 9.17) is 10.7 Å². The van der Waals surface area contributed by atoms with Crippen LogP contribution in [0.3, 0.4) is 0 Å². The number of hydrogen-bond donors (Lipinski definition) is 0. The van der Waals surface area contributed by atoms with E-state index in [9.17, 15) is 8.42 Å². The van der Waals surface area contributed by atoms with Crippen LogP contribution in [0.4, 0.5) is 0 Å². The Hall–Kier alpha value is -0.850. The van der Waals surface area contributed by atoms with Gasteiger partial charge in [0.05, 0.1) is 0 Å². The Morgan fingerprint density at radius 3 is 2.47 bits per heavy atom. The Bertz CT molecular complexity index is 680. The third-order valence-electron chi connectivity index (χ3n) is 2.67. The van der Waals surface area contributed by atoms with Gasteiger partial charge in [0, 0.05) is 34.3 Å². The molecule has 4 nitrogen and oxygen atoms in total. The van der Waals surface area contributed by atoms with E-state index in [2.05, 4.69) is 20.9 Å². The molecule has 0 amide bonds. The first-order chi connectivity index (χ1) is 8.90. The van der Waals surface area contributed by atoms with Crippen molar-refractivity contribution in [3.05, 3.63) is 46.3 Å². The van der Waals surface area contributed by atoms with Crippen LogP contribution < -0.4 is 0 Å². The minimum Gasteiger partial charge on any atom is -0.329 e. The summed E-state index contributed by atoms with van der Waals surface area (Å²) in [6, 6.07) is 7.82. The van der Waals surface area contributed by atoms with E-state index < -0.39 is 9.05 Å². The molecule has 0 radical (unpaired) electrons. The molecular formula is C12H12BrClN2O2S. The molecule has 0 atom stereocenters. The van der Waals surface area contributed by atoms with Crippen LogP contribution in [0.5, 0.6) is 0 Å². The molecule has 1 heterocycles. The first kappa shape index (κ1) is 14.6. The van der Waals surface area contributed by atoms with E-state index in [0.29, 0.717) is 18.8 Å². The molecule has 0 unspecified atom stereocenters. The molecule has 2 rings (SSSR count). The molecule has 1 aromatic heterocycles. The van der Waals surface area contributed by atoms with Gasteiger partial charge in [-0.05, 0) is 17.7 Å². The lowest BCUT2D eigenvalue weighted by Gasteiger charge is -2.06. The van der Waals surface area contributed by atoms with Crippen molar-refractivity contribution in [3.63, 3.8) is 0 Å². The zero-order valence-electron chi connectivity index (χ0n) is 10.2. The molecule has 7 heteroatoms. The van der Waals surface area contributed by atoms with Crippen molar-refractivity contribution in [3.8, 4) is 0 Å². The second-order valence-corrected chi connectivity index (χ2v) is 7.47. The summed E-state index contributed by atoms with van der Waals surface area (Å²) in [6.07, 6.45) is 2.12. The summed E-state index contributed by atoms with van der Waals surface area (Å²) in [5.41, 5.74) is 1.06. The Kier molecular flexibility index (Phi) is 4.32. The lowest BCUT2D eigenvalue weighted by Crippen LogP contribution is -2.03. The average molecular weight is 364 g/mol. The van der Waals surface area contributed by atoms with Gasteiger partial charge in [-0.1, -0.05) is 35.0 Å². The molecule has 2 aromatic rings. The molecule has 1 aromatic carbocycles. The molecular weight excluding hydrogens is 352 g/mol. The van der Waals surface area contributed by atoms with Gasteiger partial charge < -0.3 is 4.57 Å². The monoisotopic (exact) mass is 362 g/mol. The zero-order valence-corrected chi connectivity index (χ0v) is 13.3. The van der Waals surface area contributed by atoms with Crippen LogP contribution in [0, 0.1) is 0 Å². The van der Waals surface area contributed by atoms with Crippen LogP contribution in [0.2, 0.25) is 0 Å². The molecule has 0 fully saturated rings. The molecule has 0 aliphatic heterocycles. The smallest absolute Gasteiger partial charge is 0.280 e. The first-order valence-corrected chi connectivity index (χ1v) is 8.75. The lowest BCUT2D eigenvalue weighted by atomic mass is 10.2. The highest BCUT2D eigenvalue weighted by Crippen LogP contribution is 2.17. The highest BCUT2D eigenvalue weighted by Gasteiger charge is 2.17. The van der Waals surface area contributed by atoms with Gasteiger partial charge in [0.2, 0.25) is 0 Å². The van der Waals surface area contributed by atoms with Crippen molar-refractivity contribution in [2.24, 2.45) is 0 Å². The van der Waals surface area contributed by atoms with Gasteiger partial charge in [-0.15, -0.1) is 0 Å². The lowest BCUT2D eigenvalue weighted by molar-refractivity contribution is 0.606. The van der Waals surface area contributed by atoms with Crippen LogP contribution in [-0.2, 0) is 22.0 Å². The Morgan fingerprint density at radius 1 is 1.32 bits per heavy atom. The number of benzene rings is 1. The maximum absolute atomic E-state index is 11.3. The van der Waals surface area contributed by atoms with Gasteiger partial charge >= 0.3 is 0 Å². The highest BCUT2D eigenvalue weighted by molar-refractivity contribution is 9.10. The topological polar surface area (TPSA) is 52.0 Å². The molecule has 0 bridgehead atoms. The van der Waals surface area contributed by atoms with Crippen LogP contribution in [0.25, 0.3) is 0 Å². The number of aryl methyl sites for hydroxylation is 1. The molecule has 0 spiro atoms. The van der Waals surface area contributed by atoms with Gasteiger partial charge in [-0.25, -0.2) is 13.4 Å². The molecule has 0 saturated heterocycles. The van der Waals surface area contributed by atoms with Crippen LogP contribution in [0.15, 0.2) is 40.0 Å². The zero-order chi connectivity index (χ0) is 14.0. The summed E-state index contributed by atoms with van der Waals surface area (Å²) in [7, 11) is 1.53. The summed E-state index contributed by atoms with van der Waals surface area (Å²) in [4.78, 5) is 4.05.